The van der Waals surface area contributed by atoms with Crippen LogP contribution in [0.4, 0.5) is 8.78 Å². The van der Waals surface area contributed by atoms with Crippen molar-refractivity contribution in [3.63, 3.8) is 0 Å². The summed E-state index contributed by atoms with van der Waals surface area (Å²) in [6.07, 6.45) is 0. The molecule has 0 heterocycles. The lowest BCUT2D eigenvalue weighted by molar-refractivity contribution is -0.0507. The summed E-state index contributed by atoms with van der Waals surface area (Å²) in [7, 11) is 0. The molecule has 0 fully saturated rings. The molecule has 0 saturated heterocycles. The van der Waals surface area contributed by atoms with E-state index in [0.717, 1.165) is 0 Å². The van der Waals surface area contributed by atoms with Gasteiger partial charge in [0, 0.05) is 0 Å². The third kappa shape index (κ3) is 3.38. The fourth-order valence-electron chi connectivity index (χ4n) is 1.13. The number of halogens is 4. The maximum Gasteiger partial charge on any atom is 0.387 e. The standard InChI is InChI=1S/C10H8BrF2IO2/c1-5(11)8(15)6-3-2-4-7(14)9(6)16-10(12)13/h2-5,10H,1H3. The lowest BCUT2D eigenvalue weighted by Crippen LogP contribution is -2.14. The van der Waals surface area contributed by atoms with Gasteiger partial charge in [0.15, 0.2) is 5.78 Å². The van der Waals surface area contributed by atoms with E-state index >= 15 is 0 Å². The van der Waals surface area contributed by atoms with Gasteiger partial charge in [0.05, 0.1) is 14.0 Å². The minimum atomic E-state index is -2.94. The van der Waals surface area contributed by atoms with Crippen LogP contribution in [-0.2, 0) is 0 Å². The molecule has 6 heteroatoms. The van der Waals surface area contributed by atoms with Crippen molar-refractivity contribution in [2.45, 2.75) is 18.4 Å². The molecule has 2 nitrogen and oxygen atoms in total. The normalized spacial score (nSPS) is 12.6. The van der Waals surface area contributed by atoms with Crippen LogP contribution in [0.2, 0.25) is 0 Å². The smallest absolute Gasteiger partial charge is 0.387 e. The predicted molar refractivity (Wildman–Crippen MR) is 68.5 cm³/mol. The Morgan fingerprint density at radius 2 is 2.12 bits per heavy atom. The van der Waals surface area contributed by atoms with Crippen LogP contribution in [0.15, 0.2) is 18.2 Å². The number of rotatable bonds is 4. The zero-order chi connectivity index (χ0) is 12.3. The first-order chi connectivity index (χ1) is 7.43. The molecule has 0 aliphatic rings. The monoisotopic (exact) mass is 404 g/mol. The zero-order valence-corrected chi connectivity index (χ0v) is 12.0. The molecule has 1 aromatic carbocycles. The average Bonchev–Trinajstić information content (AvgIpc) is 2.19. The number of carbonyl (C=O) groups excluding carboxylic acids is 1. The third-order valence-corrected chi connectivity index (χ3v) is 3.07. The highest BCUT2D eigenvalue weighted by Crippen LogP contribution is 2.29. The minimum Gasteiger partial charge on any atom is -0.433 e. The lowest BCUT2D eigenvalue weighted by Gasteiger charge is -2.12. The van der Waals surface area contributed by atoms with Gasteiger partial charge in [-0.3, -0.25) is 4.79 Å². The number of ketones is 1. The van der Waals surface area contributed by atoms with E-state index in [1.807, 2.05) is 22.6 Å². The molecule has 0 N–H and O–H groups in total. The molecule has 16 heavy (non-hydrogen) atoms. The highest BCUT2D eigenvalue weighted by Gasteiger charge is 2.20. The van der Waals surface area contributed by atoms with E-state index in [1.165, 1.54) is 6.07 Å². The SMILES string of the molecule is CC(Br)C(=O)c1cccc(I)c1OC(F)F. The fourth-order valence-corrected chi connectivity index (χ4v) is 2.00. The molecule has 88 valence electrons. The Bertz CT molecular complexity index is 396. The molecule has 1 atom stereocenters. The van der Waals surface area contributed by atoms with Crippen molar-refractivity contribution in [3.05, 3.63) is 27.3 Å². The van der Waals surface area contributed by atoms with E-state index < -0.39 is 11.4 Å². The molecule has 1 aromatic rings. The van der Waals surface area contributed by atoms with Gasteiger partial charge in [0.2, 0.25) is 0 Å². The number of carbonyl (C=O) groups is 1. The summed E-state index contributed by atoms with van der Waals surface area (Å²) in [4.78, 5) is 11.3. The van der Waals surface area contributed by atoms with Crippen LogP contribution in [0.25, 0.3) is 0 Å². The molecule has 1 unspecified atom stereocenters. The third-order valence-electron chi connectivity index (χ3n) is 1.80. The van der Waals surface area contributed by atoms with Crippen LogP contribution < -0.4 is 4.74 Å². The Morgan fingerprint density at radius 3 is 2.62 bits per heavy atom. The molecule has 0 bridgehead atoms. The van der Waals surface area contributed by atoms with Crippen molar-refractivity contribution in [1.82, 2.24) is 0 Å². The van der Waals surface area contributed by atoms with Gasteiger partial charge in [-0.2, -0.15) is 8.78 Å². The molecular weight excluding hydrogens is 397 g/mol. The zero-order valence-electron chi connectivity index (χ0n) is 8.22. The van der Waals surface area contributed by atoms with E-state index in [0.29, 0.717) is 3.57 Å². The first-order valence-electron chi connectivity index (χ1n) is 4.35. The summed E-state index contributed by atoms with van der Waals surface area (Å²) in [6, 6.07) is 4.70. The van der Waals surface area contributed by atoms with Crippen molar-refractivity contribution in [1.29, 1.82) is 0 Å². The molecular formula is C10H8BrF2IO2. The van der Waals surface area contributed by atoms with Gasteiger partial charge in [0.25, 0.3) is 0 Å². The van der Waals surface area contributed by atoms with Gasteiger partial charge >= 0.3 is 6.61 Å². The number of ether oxygens (including phenoxy) is 1. The molecule has 0 saturated carbocycles. The molecule has 0 radical (unpaired) electrons. The summed E-state index contributed by atoms with van der Waals surface area (Å²) in [5, 5.41) is 0. The van der Waals surface area contributed by atoms with Crippen molar-refractivity contribution in [3.8, 4) is 5.75 Å². The van der Waals surface area contributed by atoms with Crippen molar-refractivity contribution in [2.75, 3.05) is 0 Å². The Morgan fingerprint density at radius 1 is 1.50 bits per heavy atom. The van der Waals surface area contributed by atoms with Gasteiger partial charge in [-0.25, -0.2) is 0 Å². The molecule has 1 rings (SSSR count). The number of hydrogen-bond acceptors (Lipinski definition) is 2. The van der Waals surface area contributed by atoms with Crippen LogP contribution >= 0.6 is 38.5 Å². The number of para-hydroxylation sites is 1. The minimum absolute atomic E-state index is 0.0607. The van der Waals surface area contributed by atoms with E-state index in [4.69, 9.17) is 0 Å². The van der Waals surface area contributed by atoms with E-state index in [1.54, 1.807) is 19.1 Å². The summed E-state index contributed by atoms with van der Waals surface area (Å²) in [5.74, 6) is -0.344. The topological polar surface area (TPSA) is 26.3 Å². The quantitative estimate of drug-likeness (QED) is 0.432. The molecule has 0 amide bonds. The van der Waals surface area contributed by atoms with Gasteiger partial charge < -0.3 is 4.74 Å². The number of alkyl halides is 3. The van der Waals surface area contributed by atoms with E-state index in [2.05, 4.69) is 20.7 Å². The van der Waals surface area contributed by atoms with Gasteiger partial charge in [0.1, 0.15) is 5.75 Å². The molecule has 0 aromatic heterocycles. The Balaban J connectivity index is 3.17. The van der Waals surface area contributed by atoms with Crippen molar-refractivity contribution >= 4 is 44.3 Å². The van der Waals surface area contributed by atoms with E-state index in [-0.39, 0.29) is 17.1 Å². The number of Topliss-reactive ketones (excluding diaryl/α,β-unsaturated/α-hetero) is 1. The molecule has 0 aliphatic carbocycles. The fraction of sp³-hybridized carbons (Fsp3) is 0.300. The van der Waals surface area contributed by atoms with E-state index in [9.17, 15) is 13.6 Å². The highest BCUT2D eigenvalue weighted by atomic mass is 127. The van der Waals surface area contributed by atoms with Gasteiger partial charge in [-0.15, -0.1) is 0 Å². The number of hydrogen-bond donors (Lipinski definition) is 0. The largest absolute Gasteiger partial charge is 0.433 e. The van der Waals surface area contributed by atoms with Crippen LogP contribution in [0.1, 0.15) is 17.3 Å². The van der Waals surface area contributed by atoms with Crippen LogP contribution in [-0.4, -0.2) is 17.2 Å². The summed E-state index contributed by atoms with van der Waals surface area (Å²) < 4.78 is 29.2. The Kier molecular flexibility index (Phi) is 5.10. The highest BCUT2D eigenvalue weighted by molar-refractivity contribution is 14.1. The first kappa shape index (κ1) is 13.8. The van der Waals surface area contributed by atoms with Crippen LogP contribution in [0, 0.1) is 3.57 Å². The maximum absolute atomic E-state index is 12.2. The van der Waals surface area contributed by atoms with Gasteiger partial charge in [-0.1, -0.05) is 22.0 Å². The molecule has 0 spiro atoms. The summed E-state index contributed by atoms with van der Waals surface area (Å²) in [6.45, 7) is -1.30. The summed E-state index contributed by atoms with van der Waals surface area (Å²) in [5.41, 5.74) is 0.163. The Hall–Kier alpha value is -0.240. The second kappa shape index (κ2) is 5.90. The summed E-state index contributed by atoms with van der Waals surface area (Å²) >= 11 is 4.96. The average molecular weight is 405 g/mol. The van der Waals surface area contributed by atoms with Gasteiger partial charge in [-0.05, 0) is 41.6 Å². The van der Waals surface area contributed by atoms with Crippen LogP contribution in [0.3, 0.4) is 0 Å². The van der Waals surface area contributed by atoms with Crippen molar-refractivity contribution < 1.29 is 18.3 Å². The number of benzene rings is 1. The molecule has 0 aliphatic heterocycles. The lowest BCUT2D eigenvalue weighted by atomic mass is 10.1. The second-order valence-electron chi connectivity index (χ2n) is 2.98. The second-order valence-corrected chi connectivity index (χ2v) is 5.51. The first-order valence-corrected chi connectivity index (χ1v) is 6.34. The predicted octanol–water partition coefficient (Wildman–Crippen LogP) is 3.86. The maximum atomic E-state index is 12.2. The van der Waals surface area contributed by atoms with Crippen LogP contribution in [0.5, 0.6) is 5.75 Å². The van der Waals surface area contributed by atoms with Crippen molar-refractivity contribution in [2.24, 2.45) is 0 Å². The Labute approximate surface area is 114 Å².